The van der Waals surface area contributed by atoms with Crippen LogP contribution in [0.15, 0.2) is 18.2 Å². The number of urea groups is 1. The van der Waals surface area contributed by atoms with Gasteiger partial charge in [-0.3, -0.25) is 0 Å². The Morgan fingerprint density at radius 2 is 2.26 bits per heavy atom. The highest BCUT2D eigenvalue weighted by Crippen LogP contribution is 2.25. The number of hydrogen-bond donors (Lipinski definition) is 3. The number of amides is 2. The van der Waals surface area contributed by atoms with Gasteiger partial charge in [-0.15, -0.1) is 0 Å². The summed E-state index contributed by atoms with van der Waals surface area (Å²) < 4.78 is 18.5. The third-order valence-electron chi connectivity index (χ3n) is 2.27. The highest BCUT2D eigenvalue weighted by atomic mass is 19.1. The summed E-state index contributed by atoms with van der Waals surface area (Å²) in [6, 6.07) is 3.52. The number of aliphatic hydroxyl groups is 1. The minimum atomic E-state index is -0.419. The van der Waals surface area contributed by atoms with E-state index in [2.05, 4.69) is 10.6 Å². The number of halogens is 1. The second kappa shape index (κ2) is 8.31. The van der Waals surface area contributed by atoms with Crippen LogP contribution in [0.5, 0.6) is 5.75 Å². The maximum absolute atomic E-state index is 13.1. The fourth-order valence-electron chi connectivity index (χ4n) is 1.38. The van der Waals surface area contributed by atoms with Crippen molar-refractivity contribution in [3.05, 3.63) is 24.0 Å². The first-order chi connectivity index (χ1) is 9.17. The Labute approximate surface area is 111 Å². The van der Waals surface area contributed by atoms with Crippen LogP contribution in [-0.4, -0.2) is 30.9 Å². The Balaban J connectivity index is 2.62. The normalized spacial score (nSPS) is 10.1. The zero-order valence-electron chi connectivity index (χ0n) is 10.9. The van der Waals surface area contributed by atoms with Crippen LogP contribution in [0.3, 0.4) is 0 Å². The second-order valence-electron chi connectivity index (χ2n) is 3.95. The molecule has 5 nitrogen and oxygen atoms in total. The van der Waals surface area contributed by atoms with E-state index in [0.29, 0.717) is 31.0 Å². The number of rotatable bonds is 7. The molecule has 0 aromatic heterocycles. The highest BCUT2D eigenvalue weighted by molar-refractivity contribution is 5.90. The molecule has 19 heavy (non-hydrogen) atoms. The number of nitrogens with one attached hydrogen (secondary N) is 2. The molecule has 0 aliphatic carbocycles. The van der Waals surface area contributed by atoms with Crippen molar-refractivity contribution in [1.29, 1.82) is 0 Å². The number of carbonyl (C=O) groups excluding carboxylic acids is 1. The maximum Gasteiger partial charge on any atom is 0.319 e. The quantitative estimate of drug-likeness (QED) is 0.665. The van der Waals surface area contributed by atoms with Crippen molar-refractivity contribution >= 4 is 11.7 Å². The average molecular weight is 270 g/mol. The van der Waals surface area contributed by atoms with Crippen molar-refractivity contribution in [2.24, 2.45) is 0 Å². The average Bonchev–Trinajstić information content (AvgIpc) is 2.39. The topological polar surface area (TPSA) is 70.6 Å². The van der Waals surface area contributed by atoms with E-state index < -0.39 is 11.8 Å². The van der Waals surface area contributed by atoms with E-state index in [9.17, 15) is 9.18 Å². The zero-order valence-corrected chi connectivity index (χ0v) is 10.9. The first kappa shape index (κ1) is 15.2. The van der Waals surface area contributed by atoms with Crippen molar-refractivity contribution in [1.82, 2.24) is 5.32 Å². The molecule has 0 fully saturated rings. The highest BCUT2D eigenvalue weighted by Gasteiger charge is 2.08. The Morgan fingerprint density at radius 1 is 1.47 bits per heavy atom. The minimum Gasteiger partial charge on any atom is -0.491 e. The molecular formula is C13H19FN2O3. The monoisotopic (exact) mass is 270 g/mol. The predicted molar refractivity (Wildman–Crippen MR) is 70.9 cm³/mol. The smallest absolute Gasteiger partial charge is 0.319 e. The van der Waals surface area contributed by atoms with Crippen LogP contribution in [0.4, 0.5) is 14.9 Å². The van der Waals surface area contributed by atoms with E-state index in [-0.39, 0.29) is 6.61 Å². The lowest BCUT2D eigenvalue weighted by Crippen LogP contribution is -2.30. The van der Waals surface area contributed by atoms with Crippen molar-refractivity contribution in [2.45, 2.75) is 19.8 Å². The molecule has 106 valence electrons. The molecule has 0 atom stereocenters. The van der Waals surface area contributed by atoms with Gasteiger partial charge in [-0.1, -0.05) is 6.92 Å². The number of ether oxygens (including phenoxy) is 1. The van der Waals surface area contributed by atoms with Gasteiger partial charge in [0.25, 0.3) is 0 Å². The molecule has 1 aromatic carbocycles. The fraction of sp³-hybridized carbons (Fsp3) is 0.462. The molecular weight excluding hydrogens is 251 g/mol. The van der Waals surface area contributed by atoms with Crippen LogP contribution in [0.1, 0.15) is 19.8 Å². The van der Waals surface area contributed by atoms with E-state index in [4.69, 9.17) is 9.84 Å². The third kappa shape index (κ3) is 5.56. The largest absolute Gasteiger partial charge is 0.491 e. The van der Waals surface area contributed by atoms with E-state index in [1.807, 2.05) is 6.92 Å². The lowest BCUT2D eigenvalue weighted by molar-refractivity contribution is 0.248. The summed E-state index contributed by atoms with van der Waals surface area (Å²) in [7, 11) is 0. The van der Waals surface area contributed by atoms with Gasteiger partial charge in [0.1, 0.15) is 11.6 Å². The number of aliphatic hydroxyl groups excluding tert-OH is 1. The van der Waals surface area contributed by atoms with E-state index in [1.54, 1.807) is 0 Å². The lowest BCUT2D eigenvalue weighted by Gasteiger charge is -2.12. The summed E-state index contributed by atoms with van der Waals surface area (Å²) >= 11 is 0. The molecule has 0 aliphatic heterocycles. The van der Waals surface area contributed by atoms with Gasteiger partial charge in [-0.2, -0.15) is 0 Å². The molecule has 1 rings (SSSR count). The van der Waals surface area contributed by atoms with Gasteiger partial charge >= 0.3 is 6.03 Å². The minimum absolute atomic E-state index is 0.0156. The van der Waals surface area contributed by atoms with Gasteiger partial charge in [0, 0.05) is 19.2 Å². The fourth-order valence-corrected chi connectivity index (χ4v) is 1.38. The van der Waals surface area contributed by atoms with E-state index in [1.165, 1.54) is 18.2 Å². The number of carbonyl (C=O) groups is 1. The summed E-state index contributed by atoms with van der Waals surface area (Å²) in [6.07, 6.45) is 1.27. The first-order valence-corrected chi connectivity index (χ1v) is 6.25. The molecule has 3 N–H and O–H groups in total. The molecule has 0 radical (unpaired) electrons. The molecule has 6 heteroatoms. The Morgan fingerprint density at radius 3 is 2.95 bits per heavy atom. The predicted octanol–water partition coefficient (Wildman–Crippen LogP) is 2.12. The summed E-state index contributed by atoms with van der Waals surface area (Å²) in [5, 5.41) is 13.8. The van der Waals surface area contributed by atoms with Crippen molar-refractivity contribution < 1.29 is 19.0 Å². The van der Waals surface area contributed by atoms with Crippen LogP contribution in [0.2, 0.25) is 0 Å². The van der Waals surface area contributed by atoms with Crippen LogP contribution in [0.25, 0.3) is 0 Å². The molecule has 0 heterocycles. The van der Waals surface area contributed by atoms with E-state index >= 15 is 0 Å². The molecule has 0 saturated carbocycles. The molecule has 0 bridgehead atoms. The maximum atomic E-state index is 13.1. The lowest BCUT2D eigenvalue weighted by atomic mass is 10.3. The third-order valence-corrected chi connectivity index (χ3v) is 2.27. The first-order valence-electron chi connectivity index (χ1n) is 6.25. The van der Waals surface area contributed by atoms with Gasteiger partial charge in [-0.25, -0.2) is 9.18 Å². The van der Waals surface area contributed by atoms with E-state index in [0.717, 1.165) is 6.42 Å². The van der Waals surface area contributed by atoms with Gasteiger partial charge in [0.05, 0.1) is 12.3 Å². The zero-order chi connectivity index (χ0) is 14.1. The Bertz CT molecular complexity index is 413. The SMILES string of the molecule is CCCOc1cc(F)ccc1NC(=O)NCCCO. The van der Waals surface area contributed by atoms with Crippen LogP contribution >= 0.6 is 0 Å². The summed E-state index contributed by atoms with van der Waals surface area (Å²) in [5.74, 6) is -0.114. The van der Waals surface area contributed by atoms with Crippen molar-refractivity contribution in [2.75, 3.05) is 25.1 Å². The Kier molecular flexibility index (Phi) is 6.67. The summed E-state index contributed by atoms with van der Waals surface area (Å²) in [5.41, 5.74) is 0.413. The molecule has 0 saturated heterocycles. The van der Waals surface area contributed by atoms with Crippen LogP contribution in [0, 0.1) is 5.82 Å². The number of hydrogen-bond acceptors (Lipinski definition) is 3. The van der Waals surface area contributed by atoms with Gasteiger partial charge in [-0.05, 0) is 25.0 Å². The number of benzene rings is 1. The van der Waals surface area contributed by atoms with Crippen LogP contribution < -0.4 is 15.4 Å². The standard InChI is InChI=1S/C13H19FN2O3/c1-2-8-19-12-9-10(14)4-5-11(12)16-13(18)15-6-3-7-17/h4-5,9,17H,2-3,6-8H2,1H3,(H2,15,16,18). The van der Waals surface area contributed by atoms with Gasteiger partial charge in [0.15, 0.2) is 0 Å². The van der Waals surface area contributed by atoms with Crippen LogP contribution in [-0.2, 0) is 0 Å². The second-order valence-corrected chi connectivity index (χ2v) is 3.95. The van der Waals surface area contributed by atoms with Crippen molar-refractivity contribution in [3.8, 4) is 5.75 Å². The number of anilines is 1. The summed E-state index contributed by atoms with van der Waals surface area (Å²) in [6.45, 7) is 2.77. The van der Waals surface area contributed by atoms with Crippen molar-refractivity contribution in [3.63, 3.8) is 0 Å². The molecule has 0 spiro atoms. The molecule has 1 aromatic rings. The Hall–Kier alpha value is -1.82. The molecule has 0 unspecified atom stereocenters. The van der Waals surface area contributed by atoms with Gasteiger partial charge < -0.3 is 20.5 Å². The summed E-state index contributed by atoms with van der Waals surface area (Å²) in [4.78, 5) is 11.5. The molecule has 2 amide bonds. The molecule has 0 aliphatic rings. The van der Waals surface area contributed by atoms with Gasteiger partial charge in [0.2, 0.25) is 0 Å².